The molecule has 3 heteroatoms. The van der Waals surface area contributed by atoms with E-state index in [4.69, 9.17) is 16.3 Å². The summed E-state index contributed by atoms with van der Waals surface area (Å²) in [6.45, 7) is 0. The van der Waals surface area contributed by atoms with Crippen LogP contribution in [0.4, 0.5) is 0 Å². The molecule has 82 valence electrons. The van der Waals surface area contributed by atoms with Crippen LogP contribution in [0.3, 0.4) is 0 Å². The quantitative estimate of drug-likeness (QED) is 0.757. The fourth-order valence-electron chi connectivity index (χ4n) is 1.56. The van der Waals surface area contributed by atoms with Gasteiger partial charge in [0.15, 0.2) is 0 Å². The second-order valence-corrected chi connectivity index (χ2v) is 3.64. The van der Waals surface area contributed by atoms with E-state index in [1.165, 1.54) is 0 Å². The van der Waals surface area contributed by atoms with Gasteiger partial charge in [-0.2, -0.15) is 0 Å². The van der Waals surface area contributed by atoms with Gasteiger partial charge in [-0.1, -0.05) is 6.07 Å². The normalized spacial score (nSPS) is 10.1. The van der Waals surface area contributed by atoms with E-state index in [0.29, 0.717) is 5.88 Å². The summed E-state index contributed by atoms with van der Waals surface area (Å²) < 4.78 is 5.12. The van der Waals surface area contributed by atoms with Crippen LogP contribution in [-0.4, -0.2) is 12.1 Å². The Morgan fingerprint density at radius 3 is 2.56 bits per heavy atom. The number of benzene rings is 1. The third kappa shape index (κ3) is 2.17. The van der Waals surface area contributed by atoms with Crippen LogP contribution in [-0.2, 0) is 5.88 Å². The summed E-state index contributed by atoms with van der Waals surface area (Å²) in [5.41, 5.74) is 3.02. The van der Waals surface area contributed by atoms with Crippen LogP contribution in [0.2, 0.25) is 0 Å². The van der Waals surface area contributed by atoms with Crippen LogP contribution in [0, 0.1) is 0 Å². The van der Waals surface area contributed by atoms with Crippen LogP contribution in [0.25, 0.3) is 11.3 Å². The number of hydrogen-bond acceptors (Lipinski definition) is 2. The van der Waals surface area contributed by atoms with Crippen molar-refractivity contribution >= 4 is 11.6 Å². The lowest BCUT2D eigenvalue weighted by Gasteiger charge is -2.06. The highest BCUT2D eigenvalue weighted by atomic mass is 35.5. The molecular weight excluding hydrogens is 222 g/mol. The van der Waals surface area contributed by atoms with Gasteiger partial charge in [0.2, 0.25) is 0 Å². The second-order valence-electron chi connectivity index (χ2n) is 3.37. The average molecular weight is 234 g/mol. The standard InChI is InChI=1S/C13H12ClNO/c1-16-12-6-4-10(5-7-12)13-11(9-14)3-2-8-15-13/h2-8H,9H2,1H3. The lowest BCUT2D eigenvalue weighted by Crippen LogP contribution is -1.90. The van der Waals surface area contributed by atoms with Crippen molar-refractivity contribution in [3.8, 4) is 17.0 Å². The van der Waals surface area contributed by atoms with E-state index in [-0.39, 0.29) is 0 Å². The SMILES string of the molecule is COc1ccc(-c2ncccc2CCl)cc1. The maximum atomic E-state index is 5.88. The monoisotopic (exact) mass is 233 g/mol. The topological polar surface area (TPSA) is 22.1 Å². The minimum Gasteiger partial charge on any atom is -0.497 e. The summed E-state index contributed by atoms with van der Waals surface area (Å²) in [7, 11) is 1.65. The molecule has 0 unspecified atom stereocenters. The zero-order valence-corrected chi connectivity index (χ0v) is 9.74. The molecule has 0 amide bonds. The molecule has 2 nitrogen and oxygen atoms in total. The predicted octanol–water partition coefficient (Wildman–Crippen LogP) is 3.50. The van der Waals surface area contributed by atoms with Gasteiger partial charge in [0.1, 0.15) is 5.75 Å². The Morgan fingerprint density at radius 2 is 1.94 bits per heavy atom. The van der Waals surface area contributed by atoms with Crippen LogP contribution in [0.5, 0.6) is 5.75 Å². The van der Waals surface area contributed by atoms with Crippen molar-refractivity contribution in [3.63, 3.8) is 0 Å². The van der Waals surface area contributed by atoms with E-state index in [1.54, 1.807) is 13.3 Å². The minimum absolute atomic E-state index is 0.467. The first-order valence-corrected chi connectivity index (χ1v) is 5.53. The highest BCUT2D eigenvalue weighted by Crippen LogP contribution is 2.24. The van der Waals surface area contributed by atoms with Crippen molar-refractivity contribution in [3.05, 3.63) is 48.2 Å². The predicted molar refractivity (Wildman–Crippen MR) is 65.8 cm³/mol. The van der Waals surface area contributed by atoms with Gasteiger partial charge in [0, 0.05) is 17.6 Å². The number of aromatic nitrogens is 1. The molecule has 0 N–H and O–H groups in total. The Balaban J connectivity index is 2.42. The summed E-state index contributed by atoms with van der Waals surface area (Å²) in [6, 6.07) is 11.7. The summed E-state index contributed by atoms with van der Waals surface area (Å²) in [6.07, 6.45) is 1.77. The van der Waals surface area contributed by atoms with Gasteiger partial charge in [-0.3, -0.25) is 4.98 Å². The number of rotatable bonds is 3. The number of nitrogens with zero attached hydrogens (tertiary/aromatic N) is 1. The third-order valence-electron chi connectivity index (χ3n) is 2.40. The van der Waals surface area contributed by atoms with Crippen molar-refractivity contribution in [2.45, 2.75) is 5.88 Å². The van der Waals surface area contributed by atoms with Gasteiger partial charge in [-0.05, 0) is 35.9 Å². The number of methoxy groups -OCH3 is 1. The van der Waals surface area contributed by atoms with Gasteiger partial charge < -0.3 is 4.74 Å². The first-order chi connectivity index (χ1) is 7.85. The van der Waals surface area contributed by atoms with Crippen LogP contribution in [0.1, 0.15) is 5.56 Å². The number of halogens is 1. The van der Waals surface area contributed by atoms with Crippen molar-refractivity contribution in [1.29, 1.82) is 0 Å². The molecule has 2 aromatic rings. The zero-order valence-electron chi connectivity index (χ0n) is 8.98. The molecule has 0 aliphatic carbocycles. The molecule has 0 atom stereocenters. The van der Waals surface area contributed by atoms with Crippen molar-refractivity contribution in [2.75, 3.05) is 7.11 Å². The Morgan fingerprint density at radius 1 is 1.19 bits per heavy atom. The molecule has 2 rings (SSSR count). The fourth-order valence-corrected chi connectivity index (χ4v) is 1.77. The molecule has 0 saturated heterocycles. The highest BCUT2D eigenvalue weighted by molar-refractivity contribution is 6.17. The highest BCUT2D eigenvalue weighted by Gasteiger charge is 2.04. The summed E-state index contributed by atoms with van der Waals surface area (Å²) in [5, 5.41) is 0. The smallest absolute Gasteiger partial charge is 0.118 e. The maximum absolute atomic E-state index is 5.88. The van der Waals surface area contributed by atoms with Crippen LogP contribution < -0.4 is 4.74 Å². The Bertz CT molecular complexity index is 468. The number of hydrogen-bond donors (Lipinski definition) is 0. The summed E-state index contributed by atoms with van der Waals surface area (Å²) in [4.78, 5) is 4.35. The molecule has 0 bridgehead atoms. The summed E-state index contributed by atoms with van der Waals surface area (Å²) in [5.74, 6) is 1.31. The number of pyridine rings is 1. The molecule has 0 aliphatic heterocycles. The lowest BCUT2D eigenvalue weighted by atomic mass is 10.1. The van der Waals surface area contributed by atoms with Gasteiger partial charge in [-0.15, -0.1) is 11.6 Å². The molecule has 0 spiro atoms. The number of alkyl halides is 1. The van der Waals surface area contributed by atoms with Crippen molar-refractivity contribution in [1.82, 2.24) is 4.98 Å². The molecule has 1 aromatic heterocycles. The van der Waals surface area contributed by atoms with Crippen LogP contribution in [0.15, 0.2) is 42.6 Å². The molecule has 0 saturated carbocycles. The van der Waals surface area contributed by atoms with E-state index in [2.05, 4.69) is 4.98 Å². The molecule has 16 heavy (non-hydrogen) atoms. The van der Waals surface area contributed by atoms with Gasteiger partial charge in [-0.25, -0.2) is 0 Å². The Hall–Kier alpha value is -1.54. The van der Waals surface area contributed by atoms with E-state index >= 15 is 0 Å². The summed E-state index contributed by atoms with van der Waals surface area (Å²) >= 11 is 5.88. The number of ether oxygens (including phenoxy) is 1. The van der Waals surface area contributed by atoms with E-state index < -0.39 is 0 Å². The van der Waals surface area contributed by atoms with Gasteiger partial charge in [0.25, 0.3) is 0 Å². The molecule has 1 heterocycles. The van der Waals surface area contributed by atoms with Crippen molar-refractivity contribution < 1.29 is 4.74 Å². The fraction of sp³-hybridized carbons (Fsp3) is 0.154. The Labute approximate surface area is 99.9 Å². The molecule has 0 radical (unpaired) electrons. The maximum Gasteiger partial charge on any atom is 0.118 e. The largest absolute Gasteiger partial charge is 0.497 e. The van der Waals surface area contributed by atoms with E-state index in [9.17, 15) is 0 Å². The minimum atomic E-state index is 0.467. The molecule has 0 fully saturated rings. The Kier molecular flexibility index (Phi) is 3.42. The zero-order chi connectivity index (χ0) is 11.4. The third-order valence-corrected chi connectivity index (χ3v) is 2.69. The van der Waals surface area contributed by atoms with Crippen LogP contribution >= 0.6 is 11.6 Å². The van der Waals surface area contributed by atoms with E-state index in [1.807, 2.05) is 36.4 Å². The lowest BCUT2D eigenvalue weighted by molar-refractivity contribution is 0.415. The van der Waals surface area contributed by atoms with E-state index in [0.717, 1.165) is 22.6 Å². The average Bonchev–Trinajstić information content (AvgIpc) is 2.39. The van der Waals surface area contributed by atoms with Gasteiger partial charge >= 0.3 is 0 Å². The second kappa shape index (κ2) is 4.99. The molecule has 1 aromatic carbocycles. The molecule has 0 aliphatic rings. The van der Waals surface area contributed by atoms with Gasteiger partial charge in [0.05, 0.1) is 12.8 Å². The van der Waals surface area contributed by atoms with Crippen molar-refractivity contribution in [2.24, 2.45) is 0 Å². The molecular formula is C13H12ClNO. The first-order valence-electron chi connectivity index (χ1n) is 4.99. The first kappa shape index (κ1) is 11.0.